The van der Waals surface area contributed by atoms with Gasteiger partial charge in [0.2, 0.25) is 5.91 Å². The minimum Gasteiger partial charge on any atom is -0.385 e. The van der Waals surface area contributed by atoms with Crippen molar-refractivity contribution in [3.05, 3.63) is 28.3 Å². The van der Waals surface area contributed by atoms with Gasteiger partial charge >= 0.3 is 0 Å². The van der Waals surface area contributed by atoms with Gasteiger partial charge in [0.05, 0.1) is 4.92 Å². The second kappa shape index (κ2) is 7.47. The summed E-state index contributed by atoms with van der Waals surface area (Å²) < 4.78 is 0. The SMILES string of the molecule is CCCNc1cc(NC(C(N)=O)C(C)C)cc([N+](=O)[O-])c1. The minimum atomic E-state index is -0.578. The number of hydrogen-bond donors (Lipinski definition) is 3. The molecule has 116 valence electrons. The van der Waals surface area contributed by atoms with Gasteiger partial charge in [0.1, 0.15) is 6.04 Å². The highest BCUT2D eigenvalue weighted by atomic mass is 16.6. The maximum Gasteiger partial charge on any atom is 0.273 e. The van der Waals surface area contributed by atoms with Crippen LogP contribution in [-0.2, 0) is 4.79 Å². The zero-order valence-electron chi connectivity index (χ0n) is 12.6. The smallest absolute Gasteiger partial charge is 0.273 e. The Balaban J connectivity index is 3.06. The molecule has 0 saturated heterocycles. The van der Waals surface area contributed by atoms with Gasteiger partial charge in [-0.1, -0.05) is 20.8 Å². The molecule has 0 fully saturated rings. The van der Waals surface area contributed by atoms with E-state index in [9.17, 15) is 14.9 Å². The van der Waals surface area contributed by atoms with Crippen LogP contribution < -0.4 is 16.4 Å². The number of nitro benzene ring substituents is 1. The number of anilines is 2. The van der Waals surface area contributed by atoms with Crippen molar-refractivity contribution in [2.45, 2.75) is 33.2 Å². The number of amides is 1. The zero-order chi connectivity index (χ0) is 16.0. The van der Waals surface area contributed by atoms with Gasteiger partial charge < -0.3 is 16.4 Å². The molecule has 1 atom stereocenters. The summed E-state index contributed by atoms with van der Waals surface area (Å²) in [6.07, 6.45) is 0.904. The van der Waals surface area contributed by atoms with Gasteiger partial charge in [-0.05, 0) is 18.4 Å². The summed E-state index contributed by atoms with van der Waals surface area (Å²) in [5.74, 6) is -0.506. The topological polar surface area (TPSA) is 110 Å². The van der Waals surface area contributed by atoms with Crippen molar-refractivity contribution in [1.82, 2.24) is 0 Å². The maximum atomic E-state index is 11.4. The van der Waals surface area contributed by atoms with Crippen LogP contribution in [-0.4, -0.2) is 23.4 Å². The van der Waals surface area contributed by atoms with Crippen LogP contribution in [0.2, 0.25) is 0 Å². The third-order valence-corrected chi connectivity index (χ3v) is 3.00. The Bertz CT molecular complexity index is 517. The summed E-state index contributed by atoms with van der Waals surface area (Å²) >= 11 is 0. The van der Waals surface area contributed by atoms with E-state index in [1.54, 1.807) is 6.07 Å². The van der Waals surface area contributed by atoms with Crippen LogP contribution in [0.4, 0.5) is 17.1 Å². The predicted octanol–water partition coefficient (Wildman–Crippen LogP) is 2.34. The van der Waals surface area contributed by atoms with E-state index in [4.69, 9.17) is 5.73 Å². The Labute approximate surface area is 124 Å². The van der Waals surface area contributed by atoms with Crippen molar-refractivity contribution >= 4 is 23.0 Å². The van der Waals surface area contributed by atoms with Gasteiger partial charge in [0, 0.05) is 30.1 Å². The number of nitrogens with zero attached hydrogens (tertiary/aromatic N) is 1. The molecule has 21 heavy (non-hydrogen) atoms. The molecule has 0 heterocycles. The van der Waals surface area contributed by atoms with Gasteiger partial charge in [-0.25, -0.2) is 0 Å². The van der Waals surface area contributed by atoms with E-state index in [0.717, 1.165) is 6.42 Å². The molecular formula is C14H22N4O3. The van der Waals surface area contributed by atoms with Gasteiger partial charge in [-0.15, -0.1) is 0 Å². The van der Waals surface area contributed by atoms with Crippen molar-refractivity contribution in [3.8, 4) is 0 Å². The van der Waals surface area contributed by atoms with Crippen LogP contribution in [0.1, 0.15) is 27.2 Å². The van der Waals surface area contributed by atoms with Crippen molar-refractivity contribution in [3.63, 3.8) is 0 Å². The lowest BCUT2D eigenvalue weighted by molar-refractivity contribution is -0.384. The average Bonchev–Trinajstić information content (AvgIpc) is 2.41. The molecule has 0 aliphatic carbocycles. The number of nitro groups is 1. The minimum absolute atomic E-state index is 0.0196. The van der Waals surface area contributed by atoms with Crippen LogP contribution >= 0.6 is 0 Å². The van der Waals surface area contributed by atoms with Crippen LogP contribution in [0.5, 0.6) is 0 Å². The Kier molecular flexibility index (Phi) is 5.95. The second-order valence-electron chi connectivity index (χ2n) is 5.22. The predicted molar refractivity (Wildman–Crippen MR) is 83.3 cm³/mol. The number of primary amides is 1. The lowest BCUT2D eigenvalue weighted by Gasteiger charge is -2.20. The number of benzene rings is 1. The molecule has 7 heteroatoms. The van der Waals surface area contributed by atoms with Crippen LogP contribution in [0.3, 0.4) is 0 Å². The van der Waals surface area contributed by atoms with Crippen LogP contribution in [0.25, 0.3) is 0 Å². The first-order valence-corrected chi connectivity index (χ1v) is 6.94. The van der Waals surface area contributed by atoms with E-state index in [-0.39, 0.29) is 11.6 Å². The quantitative estimate of drug-likeness (QED) is 0.503. The standard InChI is InChI=1S/C14H22N4O3/c1-4-5-16-10-6-11(8-12(7-10)18(20)21)17-13(9(2)3)14(15)19/h6-9,13,16-17H,4-5H2,1-3H3,(H2,15,19). The number of carbonyl (C=O) groups excluding carboxylic acids is 1. The van der Waals surface area contributed by atoms with Crippen LogP contribution in [0, 0.1) is 16.0 Å². The first-order chi connectivity index (χ1) is 9.85. The fraction of sp³-hybridized carbons (Fsp3) is 0.500. The summed E-state index contributed by atoms with van der Waals surface area (Å²) in [5.41, 5.74) is 6.45. The molecular weight excluding hydrogens is 272 g/mol. The maximum absolute atomic E-state index is 11.4. The summed E-state index contributed by atoms with van der Waals surface area (Å²) in [4.78, 5) is 22.0. The summed E-state index contributed by atoms with van der Waals surface area (Å²) in [5, 5.41) is 17.1. The Hall–Kier alpha value is -2.31. The molecule has 1 rings (SSSR count). The van der Waals surface area contributed by atoms with E-state index < -0.39 is 16.9 Å². The molecule has 1 unspecified atom stereocenters. The van der Waals surface area contributed by atoms with Crippen molar-refractivity contribution < 1.29 is 9.72 Å². The molecule has 0 aliphatic heterocycles. The third kappa shape index (κ3) is 4.94. The van der Waals surface area contributed by atoms with Gasteiger partial charge in [-0.3, -0.25) is 14.9 Å². The average molecular weight is 294 g/mol. The molecule has 7 nitrogen and oxygen atoms in total. The zero-order valence-corrected chi connectivity index (χ0v) is 12.6. The van der Waals surface area contributed by atoms with Gasteiger partial charge in [0.15, 0.2) is 0 Å². The Morgan fingerprint density at radius 1 is 1.33 bits per heavy atom. The van der Waals surface area contributed by atoms with Gasteiger partial charge in [-0.2, -0.15) is 0 Å². The molecule has 4 N–H and O–H groups in total. The summed E-state index contributed by atoms with van der Waals surface area (Å²) in [6, 6.07) is 4.03. The van der Waals surface area contributed by atoms with E-state index in [1.165, 1.54) is 12.1 Å². The number of nitrogens with two attached hydrogens (primary N) is 1. The van der Waals surface area contributed by atoms with Gasteiger partial charge in [0.25, 0.3) is 5.69 Å². The molecule has 0 saturated carbocycles. The Morgan fingerprint density at radius 3 is 2.43 bits per heavy atom. The number of non-ortho nitro benzene ring substituents is 1. The highest BCUT2D eigenvalue weighted by Crippen LogP contribution is 2.25. The van der Waals surface area contributed by atoms with E-state index in [1.807, 2.05) is 20.8 Å². The Morgan fingerprint density at radius 2 is 1.95 bits per heavy atom. The number of hydrogen-bond acceptors (Lipinski definition) is 5. The van der Waals surface area contributed by atoms with E-state index >= 15 is 0 Å². The molecule has 0 bridgehead atoms. The third-order valence-electron chi connectivity index (χ3n) is 3.00. The highest BCUT2D eigenvalue weighted by Gasteiger charge is 2.20. The highest BCUT2D eigenvalue weighted by molar-refractivity contribution is 5.83. The molecule has 1 aromatic carbocycles. The molecule has 0 aromatic heterocycles. The molecule has 0 aliphatic rings. The van der Waals surface area contributed by atoms with Crippen molar-refractivity contribution in [2.75, 3.05) is 17.2 Å². The van der Waals surface area contributed by atoms with E-state index in [0.29, 0.717) is 17.9 Å². The summed E-state index contributed by atoms with van der Waals surface area (Å²) in [7, 11) is 0. The van der Waals surface area contributed by atoms with Crippen molar-refractivity contribution in [2.24, 2.45) is 11.7 Å². The molecule has 0 spiro atoms. The second-order valence-corrected chi connectivity index (χ2v) is 5.22. The monoisotopic (exact) mass is 294 g/mol. The fourth-order valence-electron chi connectivity index (χ4n) is 1.92. The van der Waals surface area contributed by atoms with Crippen LogP contribution in [0.15, 0.2) is 18.2 Å². The molecule has 1 amide bonds. The number of rotatable bonds is 8. The van der Waals surface area contributed by atoms with E-state index in [2.05, 4.69) is 10.6 Å². The lowest BCUT2D eigenvalue weighted by Crippen LogP contribution is -2.39. The lowest BCUT2D eigenvalue weighted by atomic mass is 10.0. The fourth-order valence-corrected chi connectivity index (χ4v) is 1.92. The number of nitrogens with one attached hydrogen (secondary N) is 2. The number of carbonyl (C=O) groups is 1. The normalized spacial score (nSPS) is 12.0. The first kappa shape index (κ1) is 16.7. The molecule has 1 aromatic rings. The largest absolute Gasteiger partial charge is 0.385 e. The van der Waals surface area contributed by atoms with Crippen molar-refractivity contribution in [1.29, 1.82) is 0 Å². The summed E-state index contributed by atoms with van der Waals surface area (Å²) in [6.45, 7) is 6.43. The first-order valence-electron chi connectivity index (χ1n) is 6.94. The molecule has 0 radical (unpaired) electrons.